The lowest BCUT2D eigenvalue weighted by Crippen LogP contribution is -2.33. The number of sulfonamides is 1. The van der Waals surface area contributed by atoms with E-state index in [9.17, 15) is 13.2 Å². The van der Waals surface area contributed by atoms with Crippen LogP contribution in [0.1, 0.15) is 19.3 Å². The highest BCUT2D eigenvalue weighted by molar-refractivity contribution is 7.89. The number of carboxylic acid groups (broad SMARTS) is 1. The van der Waals surface area contributed by atoms with Gasteiger partial charge in [-0.3, -0.25) is 4.79 Å². The highest BCUT2D eigenvalue weighted by Gasteiger charge is 2.33. The van der Waals surface area contributed by atoms with E-state index in [1.165, 1.54) is 18.2 Å². The number of benzene rings is 1. The topological polar surface area (TPSA) is 83.5 Å². The number of nitrogens with one attached hydrogen (secondary N) is 1. The minimum absolute atomic E-state index is 0.0233. The predicted molar refractivity (Wildman–Crippen MR) is 80.1 cm³/mol. The molecule has 0 bridgehead atoms. The lowest BCUT2D eigenvalue weighted by molar-refractivity contribution is -0.142. The fourth-order valence-corrected chi connectivity index (χ4v) is 4.41. The number of rotatable bonds is 5. The largest absolute Gasteiger partial charge is 0.481 e. The first-order valence-electron chi connectivity index (χ1n) is 6.48. The van der Waals surface area contributed by atoms with Crippen LogP contribution < -0.4 is 4.72 Å². The van der Waals surface area contributed by atoms with Gasteiger partial charge >= 0.3 is 5.97 Å². The summed E-state index contributed by atoms with van der Waals surface area (Å²) in [7, 11) is -3.75. The van der Waals surface area contributed by atoms with E-state index in [2.05, 4.69) is 4.72 Å². The molecule has 8 heteroatoms. The molecule has 116 valence electrons. The molecule has 1 fully saturated rings. The number of hydrogen-bond donors (Lipinski definition) is 2. The summed E-state index contributed by atoms with van der Waals surface area (Å²) in [5.41, 5.74) is 0. The fraction of sp³-hybridized carbons (Fsp3) is 0.462. The number of hydrogen-bond acceptors (Lipinski definition) is 3. The van der Waals surface area contributed by atoms with Crippen LogP contribution in [0, 0.1) is 11.8 Å². The Hall–Kier alpha value is -0.820. The van der Waals surface area contributed by atoms with Crippen LogP contribution in [0.25, 0.3) is 0 Å². The summed E-state index contributed by atoms with van der Waals surface area (Å²) in [6, 6.07) is 4.05. The molecule has 5 nitrogen and oxygen atoms in total. The van der Waals surface area contributed by atoms with Crippen molar-refractivity contribution in [2.75, 3.05) is 6.54 Å². The Bertz CT molecular complexity index is 627. The zero-order valence-corrected chi connectivity index (χ0v) is 13.4. The number of halogens is 2. The average molecular weight is 352 g/mol. The van der Waals surface area contributed by atoms with Crippen LogP contribution in [-0.2, 0) is 14.8 Å². The minimum Gasteiger partial charge on any atom is -0.481 e. The molecule has 1 aliphatic carbocycles. The third kappa shape index (κ3) is 4.10. The molecule has 0 spiro atoms. The van der Waals surface area contributed by atoms with Crippen LogP contribution >= 0.6 is 23.2 Å². The summed E-state index contributed by atoms with van der Waals surface area (Å²) in [5, 5.41) is 9.55. The van der Waals surface area contributed by atoms with Crippen LogP contribution in [0.2, 0.25) is 10.0 Å². The van der Waals surface area contributed by atoms with E-state index in [0.29, 0.717) is 12.8 Å². The standard InChI is InChI=1S/C13H15Cl2NO4S/c14-9-4-10(15)6-11(5-9)21(19,20)16-7-8-2-1-3-12(8)13(17)18/h4-6,8,12,16H,1-3,7H2,(H,17,18). The Balaban J connectivity index is 2.09. The first-order chi connectivity index (χ1) is 9.79. The van der Waals surface area contributed by atoms with E-state index < -0.39 is 21.9 Å². The van der Waals surface area contributed by atoms with Gasteiger partial charge in [0.25, 0.3) is 0 Å². The molecule has 0 saturated heterocycles. The molecule has 1 aliphatic rings. The summed E-state index contributed by atoms with van der Waals surface area (Å²) >= 11 is 11.6. The van der Waals surface area contributed by atoms with E-state index in [0.717, 1.165) is 6.42 Å². The van der Waals surface area contributed by atoms with Crippen molar-refractivity contribution in [2.24, 2.45) is 11.8 Å². The molecule has 0 amide bonds. The first-order valence-corrected chi connectivity index (χ1v) is 8.72. The van der Waals surface area contributed by atoms with Gasteiger partial charge in [-0.05, 0) is 37.0 Å². The molecule has 2 N–H and O–H groups in total. The molecule has 1 saturated carbocycles. The molecule has 0 heterocycles. The highest BCUT2D eigenvalue weighted by atomic mass is 35.5. The Labute approximate surface area is 133 Å². The monoisotopic (exact) mass is 351 g/mol. The summed E-state index contributed by atoms with van der Waals surface area (Å²) in [6.07, 6.45) is 2.09. The van der Waals surface area contributed by atoms with Crippen molar-refractivity contribution < 1.29 is 18.3 Å². The smallest absolute Gasteiger partial charge is 0.306 e. The number of carboxylic acids is 1. The van der Waals surface area contributed by atoms with Crippen molar-refractivity contribution in [3.05, 3.63) is 28.2 Å². The van der Waals surface area contributed by atoms with Gasteiger partial charge in [0.15, 0.2) is 0 Å². The van der Waals surface area contributed by atoms with Crippen molar-refractivity contribution in [1.29, 1.82) is 0 Å². The van der Waals surface area contributed by atoms with Gasteiger partial charge in [0.05, 0.1) is 10.8 Å². The maximum Gasteiger partial charge on any atom is 0.306 e. The predicted octanol–water partition coefficient (Wildman–Crippen LogP) is 2.77. The molecule has 1 aromatic carbocycles. The molecule has 0 aliphatic heterocycles. The Morgan fingerprint density at radius 2 is 1.86 bits per heavy atom. The van der Waals surface area contributed by atoms with E-state index >= 15 is 0 Å². The highest BCUT2D eigenvalue weighted by Crippen LogP contribution is 2.31. The quantitative estimate of drug-likeness (QED) is 0.854. The van der Waals surface area contributed by atoms with Gasteiger partial charge in [-0.2, -0.15) is 0 Å². The van der Waals surface area contributed by atoms with Gasteiger partial charge in [-0.25, -0.2) is 13.1 Å². The second-order valence-electron chi connectivity index (χ2n) is 5.09. The molecule has 0 radical (unpaired) electrons. The Kier molecular flexibility index (Phi) is 5.14. The zero-order chi connectivity index (χ0) is 15.6. The van der Waals surface area contributed by atoms with E-state index in [1.807, 2.05) is 0 Å². The first kappa shape index (κ1) is 16.5. The fourth-order valence-electron chi connectivity index (χ4n) is 2.59. The Morgan fingerprint density at radius 1 is 1.24 bits per heavy atom. The van der Waals surface area contributed by atoms with E-state index in [-0.39, 0.29) is 27.4 Å². The second-order valence-corrected chi connectivity index (χ2v) is 7.73. The normalized spacial score (nSPS) is 22.4. The van der Waals surface area contributed by atoms with Crippen molar-refractivity contribution in [1.82, 2.24) is 4.72 Å². The number of aliphatic carboxylic acids is 1. The molecular weight excluding hydrogens is 337 g/mol. The van der Waals surface area contributed by atoms with Gasteiger partial charge in [0.1, 0.15) is 0 Å². The maximum atomic E-state index is 12.2. The SMILES string of the molecule is O=C(O)C1CCCC1CNS(=O)(=O)c1cc(Cl)cc(Cl)c1. The molecule has 2 rings (SSSR count). The second kappa shape index (κ2) is 6.52. The molecule has 21 heavy (non-hydrogen) atoms. The average Bonchev–Trinajstić information content (AvgIpc) is 2.83. The zero-order valence-electron chi connectivity index (χ0n) is 11.1. The lowest BCUT2D eigenvalue weighted by atomic mass is 9.97. The van der Waals surface area contributed by atoms with Crippen LogP contribution in [0.3, 0.4) is 0 Å². The summed E-state index contributed by atoms with van der Waals surface area (Å²) in [4.78, 5) is 11.1. The van der Waals surface area contributed by atoms with Crippen LogP contribution in [-0.4, -0.2) is 26.0 Å². The van der Waals surface area contributed by atoms with Gasteiger partial charge in [-0.1, -0.05) is 29.6 Å². The lowest BCUT2D eigenvalue weighted by Gasteiger charge is -2.16. The van der Waals surface area contributed by atoms with Crippen molar-refractivity contribution in [3.63, 3.8) is 0 Å². The van der Waals surface area contributed by atoms with Crippen molar-refractivity contribution in [3.8, 4) is 0 Å². The van der Waals surface area contributed by atoms with Gasteiger partial charge < -0.3 is 5.11 Å². The molecular formula is C13H15Cl2NO4S. The third-order valence-electron chi connectivity index (χ3n) is 3.66. The van der Waals surface area contributed by atoms with Crippen LogP contribution in [0.4, 0.5) is 0 Å². The van der Waals surface area contributed by atoms with Crippen LogP contribution in [0.5, 0.6) is 0 Å². The molecule has 2 atom stereocenters. The summed E-state index contributed by atoms with van der Waals surface area (Å²) < 4.78 is 26.8. The van der Waals surface area contributed by atoms with Gasteiger partial charge in [0.2, 0.25) is 10.0 Å². The van der Waals surface area contributed by atoms with Gasteiger partial charge in [-0.15, -0.1) is 0 Å². The third-order valence-corrected chi connectivity index (χ3v) is 5.50. The Morgan fingerprint density at radius 3 is 2.43 bits per heavy atom. The summed E-state index contributed by atoms with van der Waals surface area (Å²) in [6.45, 7) is 0.101. The maximum absolute atomic E-state index is 12.2. The van der Waals surface area contributed by atoms with E-state index in [4.69, 9.17) is 28.3 Å². The van der Waals surface area contributed by atoms with Crippen LogP contribution in [0.15, 0.2) is 23.1 Å². The van der Waals surface area contributed by atoms with E-state index in [1.54, 1.807) is 0 Å². The molecule has 0 aromatic heterocycles. The molecule has 2 unspecified atom stereocenters. The summed E-state index contributed by atoms with van der Waals surface area (Å²) in [5.74, 6) is -1.55. The minimum atomic E-state index is -3.75. The molecule has 1 aromatic rings. The number of carbonyl (C=O) groups is 1. The van der Waals surface area contributed by atoms with Gasteiger partial charge in [0, 0.05) is 16.6 Å². The van der Waals surface area contributed by atoms with Crippen molar-refractivity contribution >= 4 is 39.2 Å². The van der Waals surface area contributed by atoms with Crippen molar-refractivity contribution in [2.45, 2.75) is 24.2 Å².